The van der Waals surface area contributed by atoms with Gasteiger partial charge in [0.1, 0.15) is 18.1 Å². The number of aryl methyl sites for hydroxylation is 1. The summed E-state index contributed by atoms with van der Waals surface area (Å²) in [5.41, 5.74) is 0.509. The molecule has 1 aliphatic heterocycles. The molecule has 2 aromatic rings. The molecule has 3 heterocycles. The monoisotopic (exact) mass is 330 g/mol. The predicted molar refractivity (Wildman–Crippen MR) is 85.0 cm³/mol. The maximum atomic E-state index is 13.9. The number of hydrogen-bond acceptors (Lipinski definition) is 7. The van der Waals surface area contributed by atoms with Crippen LogP contribution >= 0.6 is 0 Å². The summed E-state index contributed by atoms with van der Waals surface area (Å²) in [7, 11) is 1.87. The van der Waals surface area contributed by atoms with Crippen LogP contribution in [0.3, 0.4) is 0 Å². The van der Waals surface area contributed by atoms with E-state index in [1.54, 1.807) is 25.3 Å². The highest BCUT2D eigenvalue weighted by atomic mass is 19.1. The first-order valence-electron chi connectivity index (χ1n) is 7.80. The van der Waals surface area contributed by atoms with Gasteiger partial charge < -0.3 is 9.42 Å². The molecular weight excluding hydrogens is 311 g/mol. The van der Waals surface area contributed by atoms with E-state index in [4.69, 9.17) is 4.52 Å². The molecule has 2 atom stereocenters. The molecule has 0 aliphatic carbocycles. The fourth-order valence-electron chi connectivity index (χ4n) is 3.08. The van der Waals surface area contributed by atoms with Gasteiger partial charge in [-0.3, -0.25) is 4.90 Å². The van der Waals surface area contributed by atoms with Gasteiger partial charge in [-0.1, -0.05) is 5.16 Å². The fraction of sp³-hybridized carbons (Fsp3) is 0.500. The van der Waals surface area contributed by atoms with Gasteiger partial charge in [-0.2, -0.15) is 10.2 Å². The maximum absolute atomic E-state index is 13.9. The third-order valence-electron chi connectivity index (χ3n) is 4.14. The van der Waals surface area contributed by atoms with E-state index >= 15 is 0 Å². The summed E-state index contributed by atoms with van der Waals surface area (Å²) in [4.78, 5) is 12.4. The minimum Gasteiger partial charge on any atom is -0.357 e. The van der Waals surface area contributed by atoms with Gasteiger partial charge in [0.05, 0.1) is 12.1 Å². The number of aromatic nitrogens is 3. The van der Waals surface area contributed by atoms with Crippen molar-refractivity contribution in [2.24, 2.45) is 0 Å². The van der Waals surface area contributed by atoms with Gasteiger partial charge in [0.2, 0.25) is 5.89 Å². The Hall–Kier alpha value is -2.53. The Morgan fingerprint density at radius 3 is 3.08 bits per heavy atom. The lowest BCUT2D eigenvalue weighted by Gasteiger charge is -2.28. The molecule has 24 heavy (non-hydrogen) atoms. The Kier molecular flexibility index (Phi) is 4.71. The van der Waals surface area contributed by atoms with Gasteiger partial charge >= 0.3 is 0 Å². The van der Waals surface area contributed by atoms with E-state index in [1.807, 2.05) is 16.8 Å². The van der Waals surface area contributed by atoms with Crippen LogP contribution in [0.15, 0.2) is 22.9 Å². The lowest BCUT2D eigenvalue weighted by atomic mass is 10.2. The zero-order valence-corrected chi connectivity index (χ0v) is 13.7. The smallest absolute Gasteiger partial charge is 0.223 e. The van der Waals surface area contributed by atoms with Crippen LogP contribution in [0.25, 0.3) is 0 Å². The first-order valence-corrected chi connectivity index (χ1v) is 7.80. The van der Waals surface area contributed by atoms with Crippen molar-refractivity contribution in [1.82, 2.24) is 20.0 Å². The van der Waals surface area contributed by atoms with E-state index < -0.39 is 6.17 Å². The minimum absolute atomic E-state index is 0.00245. The van der Waals surface area contributed by atoms with Crippen LogP contribution < -0.4 is 4.90 Å². The molecule has 1 aliphatic rings. The van der Waals surface area contributed by atoms with Crippen molar-refractivity contribution < 1.29 is 8.91 Å². The fourth-order valence-corrected chi connectivity index (χ4v) is 3.08. The predicted octanol–water partition coefficient (Wildman–Crippen LogP) is 1.69. The Morgan fingerprint density at radius 2 is 2.38 bits per heavy atom. The lowest BCUT2D eigenvalue weighted by molar-refractivity contribution is 0.228. The largest absolute Gasteiger partial charge is 0.357 e. The van der Waals surface area contributed by atoms with Crippen molar-refractivity contribution in [3.63, 3.8) is 0 Å². The Labute approximate surface area is 139 Å². The van der Waals surface area contributed by atoms with Crippen LogP contribution in [-0.2, 0) is 6.54 Å². The summed E-state index contributed by atoms with van der Waals surface area (Å²) in [6.07, 6.45) is 1.21. The average Bonchev–Trinajstić information content (AvgIpc) is 3.13. The number of nitriles is 1. The van der Waals surface area contributed by atoms with Gasteiger partial charge in [-0.25, -0.2) is 9.37 Å². The molecule has 0 saturated carbocycles. The number of likely N-dealkylation sites (tertiary alicyclic amines) is 1. The zero-order valence-electron chi connectivity index (χ0n) is 13.7. The number of anilines is 1. The van der Waals surface area contributed by atoms with Crippen molar-refractivity contribution in [2.75, 3.05) is 25.0 Å². The van der Waals surface area contributed by atoms with E-state index in [0.29, 0.717) is 49.2 Å². The van der Waals surface area contributed by atoms with Crippen LogP contribution in [0.4, 0.5) is 10.2 Å². The third-order valence-corrected chi connectivity index (χ3v) is 4.14. The molecule has 0 unspecified atom stereocenters. The van der Waals surface area contributed by atoms with Crippen LogP contribution in [0.5, 0.6) is 0 Å². The summed E-state index contributed by atoms with van der Waals surface area (Å²) in [5, 5.41) is 13.1. The van der Waals surface area contributed by atoms with Crippen molar-refractivity contribution in [3.05, 3.63) is 35.6 Å². The van der Waals surface area contributed by atoms with Crippen molar-refractivity contribution in [1.29, 1.82) is 5.26 Å². The molecule has 0 spiro atoms. The second-order valence-electron chi connectivity index (χ2n) is 6.01. The van der Waals surface area contributed by atoms with Gasteiger partial charge in [-0.05, 0) is 18.6 Å². The summed E-state index contributed by atoms with van der Waals surface area (Å²) >= 11 is 0. The van der Waals surface area contributed by atoms with E-state index in [-0.39, 0.29) is 6.04 Å². The van der Waals surface area contributed by atoms with Crippen LogP contribution in [0.2, 0.25) is 0 Å². The first-order chi connectivity index (χ1) is 11.6. The molecule has 0 radical (unpaired) electrons. The lowest BCUT2D eigenvalue weighted by Crippen LogP contribution is -2.39. The van der Waals surface area contributed by atoms with Crippen LogP contribution in [-0.4, -0.2) is 52.4 Å². The van der Waals surface area contributed by atoms with Crippen molar-refractivity contribution >= 4 is 5.82 Å². The molecule has 1 fully saturated rings. The SMILES string of the molecule is Cc1nc(CN2C[C@@H](F)C[C@H]2CN(C)c2ncccc2C#N)no1. The number of halogens is 1. The van der Waals surface area contributed by atoms with Crippen LogP contribution in [0, 0.1) is 18.3 Å². The molecule has 0 aromatic carbocycles. The van der Waals surface area contributed by atoms with Gasteiger partial charge in [-0.15, -0.1) is 0 Å². The molecule has 0 bridgehead atoms. The van der Waals surface area contributed by atoms with E-state index in [9.17, 15) is 9.65 Å². The van der Waals surface area contributed by atoms with Gasteiger partial charge in [0, 0.05) is 39.3 Å². The third kappa shape index (κ3) is 3.51. The molecule has 2 aromatic heterocycles. The highest BCUT2D eigenvalue weighted by molar-refractivity contribution is 5.52. The first kappa shape index (κ1) is 16.3. The molecule has 0 N–H and O–H groups in total. The van der Waals surface area contributed by atoms with Crippen molar-refractivity contribution in [3.8, 4) is 6.07 Å². The Balaban J connectivity index is 1.71. The summed E-state index contributed by atoms with van der Waals surface area (Å²) < 4.78 is 18.9. The second kappa shape index (κ2) is 6.93. The number of rotatable bonds is 5. The van der Waals surface area contributed by atoms with E-state index in [0.717, 1.165) is 0 Å². The zero-order chi connectivity index (χ0) is 17.1. The molecule has 8 heteroatoms. The van der Waals surface area contributed by atoms with Gasteiger partial charge in [0.25, 0.3) is 0 Å². The van der Waals surface area contributed by atoms with Gasteiger partial charge in [0.15, 0.2) is 5.82 Å². The highest BCUT2D eigenvalue weighted by Crippen LogP contribution is 2.24. The Morgan fingerprint density at radius 1 is 1.54 bits per heavy atom. The standard InChI is InChI=1S/C16H19FN6O/c1-11-20-15(21-24-11)10-23-8-13(17)6-14(23)9-22(2)16-12(7-18)4-3-5-19-16/h3-5,13-14H,6,8-10H2,1-2H3/t13-,14-/m0/s1. The number of likely N-dealkylation sites (N-methyl/N-ethyl adjacent to an activating group) is 1. The number of pyridine rings is 1. The molecule has 7 nitrogen and oxygen atoms in total. The highest BCUT2D eigenvalue weighted by Gasteiger charge is 2.34. The molecular formula is C16H19FN6O. The summed E-state index contributed by atoms with van der Waals surface area (Å²) in [6.45, 7) is 3.10. The summed E-state index contributed by atoms with van der Waals surface area (Å²) in [5.74, 6) is 1.67. The van der Waals surface area contributed by atoms with E-state index in [1.165, 1.54) is 0 Å². The molecule has 0 amide bonds. The number of hydrogen-bond donors (Lipinski definition) is 0. The quantitative estimate of drug-likeness (QED) is 0.825. The summed E-state index contributed by atoms with van der Waals surface area (Å²) in [6, 6.07) is 5.59. The molecule has 126 valence electrons. The topological polar surface area (TPSA) is 82.1 Å². The maximum Gasteiger partial charge on any atom is 0.223 e. The normalized spacial score (nSPS) is 20.9. The molecule has 1 saturated heterocycles. The Bertz CT molecular complexity index is 742. The minimum atomic E-state index is -0.879. The van der Waals surface area contributed by atoms with Crippen molar-refractivity contribution in [2.45, 2.75) is 32.1 Å². The average molecular weight is 330 g/mol. The number of nitrogens with zero attached hydrogens (tertiary/aromatic N) is 6. The second-order valence-corrected chi connectivity index (χ2v) is 6.01. The van der Waals surface area contributed by atoms with E-state index in [2.05, 4.69) is 21.2 Å². The molecule has 3 rings (SSSR count). The van der Waals surface area contributed by atoms with Crippen LogP contribution in [0.1, 0.15) is 23.7 Å². The number of alkyl halides is 1.